The molecule has 0 spiro atoms. The van der Waals surface area contributed by atoms with Gasteiger partial charge < -0.3 is 0 Å². The van der Waals surface area contributed by atoms with E-state index in [1.54, 1.807) is 0 Å². The van der Waals surface area contributed by atoms with Gasteiger partial charge in [-0.2, -0.15) is 0 Å². The molecule has 1 radical (unpaired) electrons. The zero-order valence-corrected chi connectivity index (χ0v) is 12.5. The SMILES string of the molecule is CCCCCCCCc1ncc(C2=CC[CH]C=C2)cn1. The van der Waals surface area contributed by atoms with Crippen LogP contribution in [0.25, 0.3) is 5.57 Å². The monoisotopic (exact) mass is 269 g/mol. The molecule has 2 rings (SSSR count). The summed E-state index contributed by atoms with van der Waals surface area (Å²) in [4.78, 5) is 8.98. The fourth-order valence-electron chi connectivity index (χ4n) is 2.42. The van der Waals surface area contributed by atoms with Crippen LogP contribution in [0.4, 0.5) is 0 Å². The molecule has 0 saturated heterocycles. The van der Waals surface area contributed by atoms with E-state index in [0.717, 1.165) is 24.2 Å². The van der Waals surface area contributed by atoms with E-state index in [-0.39, 0.29) is 0 Å². The van der Waals surface area contributed by atoms with E-state index in [1.807, 2.05) is 12.4 Å². The molecule has 0 atom stereocenters. The zero-order chi connectivity index (χ0) is 14.0. The van der Waals surface area contributed by atoms with Crippen molar-refractivity contribution in [3.63, 3.8) is 0 Å². The molecule has 0 N–H and O–H groups in total. The van der Waals surface area contributed by atoms with Crippen molar-refractivity contribution in [3.05, 3.63) is 48.4 Å². The van der Waals surface area contributed by atoms with Gasteiger partial charge >= 0.3 is 0 Å². The van der Waals surface area contributed by atoms with Crippen LogP contribution in [0.1, 0.15) is 63.3 Å². The predicted octanol–water partition coefficient (Wildman–Crippen LogP) is 4.93. The molecule has 0 amide bonds. The van der Waals surface area contributed by atoms with Crippen LogP contribution in [0.15, 0.2) is 30.6 Å². The molecule has 20 heavy (non-hydrogen) atoms. The van der Waals surface area contributed by atoms with E-state index in [9.17, 15) is 0 Å². The first-order valence-corrected chi connectivity index (χ1v) is 7.91. The average molecular weight is 269 g/mol. The van der Waals surface area contributed by atoms with Gasteiger partial charge in [-0.1, -0.05) is 57.3 Å². The lowest BCUT2D eigenvalue weighted by atomic mass is 10.0. The average Bonchev–Trinajstić information content (AvgIpc) is 2.52. The van der Waals surface area contributed by atoms with Crippen molar-refractivity contribution in [2.45, 2.75) is 58.3 Å². The molecule has 0 unspecified atom stereocenters. The molecule has 2 nitrogen and oxygen atoms in total. The Hall–Kier alpha value is -1.44. The Morgan fingerprint density at radius 3 is 2.45 bits per heavy atom. The first-order chi connectivity index (χ1) is 9.90. The lowest BCUT2D eigenvalue weighted by Gasteiger charge is -2.07. The van der Waals surface area contributed by atoms with Crippen LogP contribution >= 0.6 is 0 Å². The van der Waals surface area contributed by atoms with Crippen molar-refractivity contribution >= 4 is 5.57 Å². The smallest absolute Gasteiger partial charge is 0.128 e. The third-order valence-electron chi connectivity index (χ3n) is 3.68. The van der Waals surface area contributed by atoms with Crippen molar-refractivity contribution in [2.75, 3.05) is 0 Å². The quantitative estimate of drug-likeness (QED) is 0.625. The van der Waals surface area contributed by atoms with Gasteiger partial charge in [0.15, 0.2) is 0 Å². The summed E-state index contributed by atoms with van der Waals surface area (Å²) >= 11 is 0. The van der Waals surface area contributed by atoms with Gasteiger partial charge in [-0.25, -0.2) is 9.97 Å². The van der Waals surface area contributed by atoms with Crippen LogP contribution in [0.5, 0.6) is 0 Å². The number of nitrogens with zero attached hydrogens (tertiary/aromatic N) is 2. The van der Waals surface area contributed by atoms with E-state index >= 15 is 0 Å². The number of unbranched alkanes of at least 4 members (excludes halogenated alkanes) is 5. The molecule has 1 aliphatic rings. The minimum Gasteiger partial charge on any atom is -0.241 e. The summed E-state index contributed by atoms with van der Waals surface area (Å²) in [5.74, 6) is 0.983. The van der Waals surface area contributed by atoms with Crippen molar-refractivity contribution in [1.82, 2.24) is 9.97 Å². The van der Waals surface area contributed by atoms with Crippen LogP contribution in [0.3, 0.4) is 0 Å². The summed E-state index contributed by atoms with van der Waals surface area (Å²) in [5.41, 5.74) is 2.36. The number of aryl methyl sites for hydroxylation is 1. The molecular formula is C18H25N2. The van der Waals surface area contributed by atoms with E-state index in [1.165, 1.54) is 44.1 Å². The molecule has 1 aromatic rings. The number of hydrogen-bond donors (Lipinski definition) is 0. The van der Waals surface area contributed by atoms with E-state index < -0.39 is 0 Å². The molecule has 107 valence electrons. The second-order valence-corrected chi connectivity index (χ2v) is 5.40. The summed E-state index contributed by atoms with van der Waals surface area (Å²) in [7, 11) is 0. The van der Waals surface area contributed by atoms with E-state index in [2.05, 4.69) is 41.5 Å². The molecule has 2 heteroatoms. The van der Waals surface area contributed by atoms with Crippen molar-refractivity contribution in [3.8, 4) is 0 Å². The van der Waals surface area contributed by atoms with E-state index in [0.29, 0.717) is 0 Å². The van der Waals surface area contributed by atoms with Gasteiger partial charge in [0.25, 0.3) is 0 Å². The Morgan fingerprint density at radius 1 is 1.00 bits per heavy atom. The number of rotatable bonds is 8. The first-order valence-electron chi connectivity index (χ1n) is 7.91. The highest BCUT2D eigenvalue weighted by molar-refractivity contribution is 5.74. The second-order valence-electron chi connectivity index (χ2n) is 5.40. The van der Waals surface area contributed by atoms with Crippen LogP contribution in [-0.4, -0.2) is 9.97 Å². The Labute approximate surface area is 123 Å². The highest BCUT2D eigenvalue weighted by atomic mass is 14.9. The molecular weight excluding hydrogens is 244 g/mol. The largest absolute Gasteiger partial charge is 0.241 e. The summed E-state index contributed by atoms with van der Waals surface area (Å²) in [6, 6.07) is 0. The van der Waals surface area contributed by atoms with Crippen molar-refractivity contribution < 1.29 is 0 Å². The summed E-state index contributed by atoms with van der Waals surface area (Å²) < 4.78 is 0. The van der Waals surface area contributed by atoms with Crippen LogP contribution in [-0.2, 0) is 6.42 Å². The molecule has 1 heterocycles. The Kier molecular flexibility index (Phi) is 6.49. The molecule has 0 saturated carbocycles. The fraction of sp³-hybridized carbons (Fsp3) is 0.500. The van der Waals surface area contributed by atoms with Crippen molar-refractivity contribution in [1.29, 1.82) is 0 Å². The maximum atomic E-state index is 4.49. The Balaban J connectivity index is 1.74. The molecule has 0 bridgehead atoms. The number of hydrogen-bond acceptors (Lipinski definition) is 2. The van der Waals surface area contributed by atoms with Crippen LogP contribution in [0, 0.1) is 6.42 Å². The lowest BCUT2D eigenvalue weighted by molar-refractivity contribution is 0.600. The second kappa shape index (κ2) is 8.68. The van der Waals surface area contributed by atoms with E-state index in [4.69, 9.17) is 0 Å². The number of aromatic nitrogens is 2. The lowest BCUT2D eigenvalue weighted by Crippen LogP contribution is -1.97. The maximum absolute atomic E-state index is 4.49. The Morgan fingerprint density at radius 2 is 1.75 bits per heavy atom. The highest BCUT2D eigenvalue weighted by Crippen LogP contribution is 2.19. The van der Waals surface area contributed by atoms with Crippen molar-refractivity contribution in [2.24, 2.45) is 0 Å². The fourth-order valence-corrected chi connectivity index (χ4v) is 2.42. The van der Waals surface area contributed by atoms with Gasteiger partial charge in [0, 0.05) is 24.4 Å². The predicted molar refractivity (Wildman–Crippen MR) is 85.1 cm³/mol. The first kappa shape index (κ1) is 15.0. The normalized spacial score (nSPS) is 14.3. The topological polar surface area (TPSA) is 25.8 Å². The highest BCUT2D eigenvalue weighted by Gasteiger charge is 2.03. The number of allylic oxidation sites excluding steroid dienone is 4. The van der Waals surface area contributed by atoms with Gasteiger partial charge in [0.1, 0.15) is 5.82 Å². The van der Waals surface area contributed by atoms with Gasteiger partial charge in [-0.05, 0) is 24.8 Å². The van der Waals surface area contributed by atoms with Gasteiger partial charge in [-0.3, -0.25) is 0 Å². The maximum Gasteiger partial charge on any atom is 0.128 e. The van der Waals surface area contributed by atoms with Gasteiger partial charge in [0.05, 0.1) is 0 Å². The molecule has 1 aromatic heterocycles. The zero-order valence-electron chi connectivity index (χ0n) is 12.5. The summed E-state index contributed by atoms with van der Waals surface area (Å²) in [6.07, 6.45) is 22.4. The summed E-state index contributed by atoms with van der Waals surface area (Å²) in [5, 5.41) is 0. The third-order valence-corrected chi connectivity index (χ3v) is 3.68. The third kappa shape index (κ3) is 4.92. The molecule has 0 fully saturated rings. The minimum atomic E-state index is 0.983. The Bertz CT molecular complexity index is 443. The minimum absolute atomic E-state index is 0.983. The van der Waals surface area contributed by atoms with Gasteiger partial charge in [-0.15, -0.1) is 0 Å². The van der Waals surface area contributed by atoms with Crippen LogP contribution in [0.2, 0.25) is 0 Å². The van der Waals surface area contributed by atoms with Crippen LogP contribution < -0.4 is 0 Å². The molecule has 0 aromatic carbocycles. The molecule has 0 aliphatic heterocycles. The standard InChI is InChI=1S/C18H25N2/c1-2-3-4-5-6-10-13-18-19-14-17(15-20-18)16-11-8-7-9-12-16/h7-8,11-12,14-15H,2-6,9-10,13H2,1H3. The summed E-state index contributed by atoms with van der Waals surface area (Å²) in [6.45, 7) is 2.25. The molecule has 1 aliphatic carbocycles. The van der Waals surface area contributed by atoms with Gasteiger partial charge in [0.2, 0.25) is 0 Å².